The number of nitrogens with zero attached hydrogens (tertiary/aromatic N) is 1. The Labute approximate surface area is 157 Å². The highest BCUT2D eigenvalue weighted by atomic mass is 16.5. The van der Waals surface area contributed by atoms with Gasteiger partial charge >= 0.3 is 5.97 Å². The van der Waals surface area contributed by atoms with Gasteiger partial charge in [-0.25, -0.2) is 0 Å². The van der Waals surface area contributed by atoms with Gasteiger partial charge in [-0.15, -0.1) is 0 Å². The molecule has 0 radical (unpaired) electrons. The summed E-state index contributed by atoms with van der Waals surface area (Å²) in [5.41, 5.74) is 2.91. The third-order valence-corrected chi connectivity index (χ3v) is 3.97. The predicted octanol–water partition coefficient (Wildman–Crippen LogP) is 4.43. The van der Waals surface area contributed by atoms with Crippen molar-refractivity contribution in [2.24, 2.45) is 0 Å². The number of ether oxygens (including phenoxy) is 2. The molecule has 0 spiro atoms. The topological polar surface area (TPSA) is 81.8 Å². The van der Waals surface area contributed by atoms with E-state index in [9.17, 15) is 9.90 Å². The van der Waals surface area contributed by atoms with Gasteiger partial charge in [-0.2, -0.15) is 0 Å². The van der Waals surface area contributed by atoms with Gasteiger partial charge in [-0.3, -0.25) is 4.79 Å². The van der Waals surface area contributed by atoms with Crippen molar-refractivity contribution in [1.82, 2.24) is 5.16 Å². The Morgan fingerprint density at radius 2 is 1.44 bits per heavy atom. The van der Waals surface area contributed by atoms with Gasteiger partial charge in [0.25, 0.3) is 0 Å². The summed E-state index contributed by atoms with van der Waals surface area (Å²) >= 11 is 0. The fraction of sp³-hybridized carbons (Fsp3) is 0.238. The van der Waals surface area contributed by atoms with E-state index < -0.39 is 5.97 Å². The first-order valence-corrected chi connectivity index (χ1v) is 8.79. The molecule has 140 valence electrons. The summed E-state index contributed by atoms with van der Waals surface area (Å²) in [5, 5.41) is 13.3. The van der Waals surface area contributed by atoms with Crippen molar-refractivity contribution in [3.8, 4) is 33.9 Å². The second-order valence-corrected chi connectivity index (χ2v) is 5.81. The number of carbonyl (C=O) groups is 1. The van der Waals surface area contributed by atoms with Crippen LogP contribution in [0.1, 0.15) is 19.6 Å². The zero-order chi connectivity index (χ0) is 19.2. The number of carboxylic acid groups (broad SMARTS) is 1. The van der Waals surface area contributed by atoms with Gasteiger partial charge in [0.05, 0.1) is 18.8 Å². The van der Waals surface area contributed by atoms with E-state index in [0.29, 0.717) is 30.2 Å². The maximum Gasteiger partial charge on any atom is 0.311 e. The second kappa shape index (κ2) is 8.40. The van der Waals surface area contributed by atoms with Crippen LogP contribution >= 0.6 is 0 Å². The lowest BCUT2D eigenvalue weighted by Gasteiger charge is -2.07. The Hall–Kier alpha value is -3.28. The van der Waals surface area contributed by atoms with Gasteiger partial charge in [0, 0.05) is 5.56 Å². The average Bonchev–Trinajstić information content (AvgIpc) is 3.06. The molecule has 3 aromatic rings. The SMILES string of the molecule is CCOc1ccc(-c2noc(CC(=O)O)c2-c2ccc(OCC)cc2)cc1. The molecule has 6 nitrogen and oxygen atoms in total. The van der Waals surface area contributed by atoms with Gasteiger partial charge < -0.3 is 19.1 Å². The van der Waals surface area contributed by atoms with Crippen molar-refractivity contribution in [3.63, 3.8) is 0 Å². The number of benzene rings is 2. The van der Waals surface area contributed by atoms with Gasteiger partial charge in [-0.05, 0) is 55.8 Å². The van der Waals surface area contributed by atoms with Crippen molar-refractivity contribution < 1.29 is 23.9 Å². The van der Waals surface area contributed by atoms with Gasteiger partial charge in [0.2, 0.25) is 0 Å². The molecule has 0 aliphatic rings. The minimum absolute atomic E-state index is 0.243. The van der Waals surface area contributed by atoms with Crippen molar-refractivity contribution in [1.29, 1.82) is 0 Å². The summed E-state index contributed by atoms with van der Waals surface area (Å²) in [6, 6.07) is 14.9. The van der Waals surface area contributed by atoms with Gasteiger partial charge in [-0.1, -0.05) is 17.3 Å². The third kappa shape index (κ3) is 4.28. The Balaban J connectivity index is 2.03. The van der Waals surface area contributed by atoms with E-state index in [2.05, 4.69) is 5.16 Å². The third-order valence-electron chi connectivity index (χ3n) is 3.97. The quantitative estimate of drug-likeness (QED) is 0.634. The zero-order valence-corrected chi connectivity index (χ0v) is 15.3. The van der Waals surface area contributed by atoms with Crippen LogP contribution < -0.4 is 9.47 Å². The van der Waals surface area contributed by atoms with Gasteiger partial charge in [0.1, 0.15) is 23.6 Å². The van der Waals surface area contributed by atoms with Crippen LogP contribution in [0, 0.1) is 0 Å². The zero-order valence-electron chi connectivity index (χ0n) is 15.3. The second-order valence-electron chi connectivity index (χ2n) is 5.81. The molecule has 0 saturated heterocycles. The van der Waals surface area contributed by atoms with Crippen LogP contribution in [0.3, 0.4) is 0 Å². The number of hydrogen-bond donors (Lipinski definition) is 1. The van der Waals surface area contributed by atoms with Crippen LogP contribution in [0.2, 0.25) is 0 Å². The molecular formula is C21H21NO5. The number of aliphatic carboxylic acids is 1. The summed E-state index contributed by atoms with van der Waals surface area (Å²) in [6.07, 6.45) is -0.243. The maximum absolute atomic E-state index is 11.2. The highest BCUT2D eigenvalue weighted by molar-refractivity contribution is 5.85. The van der Waals surface area contributed by atoms with Crippen LogP contribution in [-0.2, 0) is 11.2 Å². The molecule has 0 fully saturated rings. The molecule has 0 unspecified atom stereocenters. The normalized spacial score (nSPS) is 10.6. The number of hydrogen-bond acceptors (Lipinski definition) is 5. The molecule has 0 bridgehead atoms. The molecule has 0 aliphatic heterocycles. The lowest BCUT2D eigenvalue weighted by atomic mass is 9.98. The molecule has 0 aliphatic carbocycles. The highest BCUT2D eigenvalue weighted by Gasteiger charge is 2.21. The Kier molecular flexibility index (Phi) is 5.76. The van der Waals surface area contributed by atoms with Crippen molar-refractivity contribution >= 4 is 5.97 Å². The number of carboxylic acids is 1. The van der Waals surface area contributed by atoms with Crippen molar-refractivity contribution in [2.45, 2.75) is 20.3 Å². The fourth-order valence-electron chi connectivity index (χ4n) is 2.84. The summed E-state index contributed by atoms with van der Waals surface area (Å²) in [5.74, 6) is 0.852. The van der Waals surface area contributed by atoms with E-state index in [0.717, 1.165) is 22.6 Å². The first kappa shape index (κ1) is 18.5. The average molecular weight is 367 g/mol. The summed E-state index contributed by atoms with van der Waals surface area (Å²) in [6.45, 7) is 5.01. The van der Waals surface area contributed by atoms with Gasteiger partial charge in [0.15, 0.2) is 5.76 Å². The molecule has 3 rings (SSSR count). The number of rotatable bonds is 8. The first-order chi connectivity index (χ1) is 13.1. The van der Waals surface area contributed by atoms with E-state index >= 15 is 0 Å². The molecule has 1 heterocycles. The van der Waals surface area contributed by atoms with Crippen LogP contribution in [0.25, 0.3) is 22.4 Å². The van der Waals surface area contributed by atoms with E-state index in [1.807, 2.05) is 62.4 Å². The minimum atomic E-state index is -0.975. The maximum atomic E-state index is 11.2. The molecule has 0 saturated carbocycles. The molecule has 0 atom stereocenters. The largest absolute Gasteiger partial charge is 0.494 e. The van der Waals surface area contributed by atoms with Crippen molar-refractivity contribution in [3.05, 3.63) is 54.3 Å². The molecular weight excluding hydrogens is 346 g/mol. The molecule has 27 heavy (non-hydrogen) atoms. The highest BCUT2D eigenvalue weighted by Crippen LogP contribution is 2.36. The van der Waals surface area contributed by atoms with E-state index in [1.54, 1.807) is 0 Å². The molecule has 0 amide bonds. The Morgan fingerprint density at radius 1 is 0.926 bits per heavy atom. The standard InChI is InChI=1S/C21H21NO5/c1-3-25-16-9-5-14(6-10-16)20-18(13-19(23)24)27-22-21(20)15-7-11-17(12-8-15)26-4-2/h5-12H,3-4,13H2,1-2H3,(H,23,24). The lowest BCUT2D eigenvalue weighted by molar-refractivity contribution is -0.136. The Morgan fingerprint density at radius 3 is 1.93 bits per heavy atom. The minimum Gasteiger partial charge on any atom is -0.494 e. The molecule has 1 aromatic heterocycles. The van der Waals surface area contributed by atoms with Crippen LogP contribution in [0.5, 0.6) is 11.5 Å². The van der Waals surface area contributed by atoms with Crippen molar-refractivity contribution in [2.75, 3.05) is 13.2 Å². The van der Waals surface area contributed by atoms with E-state index in [4.69, 9.17) is 14.0 Å². The van der Waals surface area contributed by atoms with Crippen LogP contribution in [-0.4, -0.2) is 29.4 Å². The smallest absolute Gasteiger partial charge is 0.311 e. The number of aromatic nitrogens is 1. The van der Waals surface area contributed by atoms with Crippen LogP contribution in [0.4, 0.5) is 0 Å². The Bertz CT molecular complexity index is 897. The molecule has 6 heteroatoms. The lowest BCUT2D eigenvalue weighted by Crippen LogP contribution is -2.00. The predicted molar refractivity (Wildman–Crippen MR) is 101 cm³/mol. The molecule has 1 N–H and O–H groups in total. The van der Waals surface area contributed by atoms with E-state index in [1.165, 1.54) is 0 Å². The first-order valence-electron chi connectivity index (χ1n) is 8.79. The monoisotopic (exact) mass is 367 g/mol. The van der Waals surface area contributed by atoms with E-state index in [-0.39, 0.29) is 6.42 Å². The summed E-state index contributed by atoms with van der Waals surface area (Å²) < 4.78 is 16.3. The summed E-state index contributed by atoms with van der Waals surface area (Å²) in [4.78, 5) is 11.2. The fourth-order valence-corrected chi connectivity index (χ4v) is 2.84. The summed E-state index contributed by atoms with van der Waals surface area (Å²) in [7, 11) is 0. The van der Waals surface area contributed by atoms with Crippen LogP contribution in [0.15, 0.2) is 53.1 Å². The molecule has 2 aromatic carbocycles.